The van der Waals surface area contributed by atoms with E-state index in [4.69, 9.17) is 5.26 Å². The molecule has 9 heavy (non-hydrogen) atoms. The zero-order valence-corrected chi connectivity index (χ0v) is 5.10. The molecule has 1 aromatic carbocycles. The fraction of sp³-hybridized carbons (Fsp3) is 0.125. The van der Waals surface area contributed by atoms with E-state index in [1.807, 2.05) is 19.1 Å². The highest BCUT2D eigenvalue weighted by Gasteiger charge is 1.89. The molecule has 0 N–H and O–H groups in total. The first-order chi connectivity index (χ1) is 4.34. The van der Waals surface area contributed by atoms with Crippen LogP contribution in [-0.4, -0.2) is 0 Å². The zero-order valence-electron chi connectivity index (χ0n) is 5.10. The predicted molar refractivity (Wildman–Crippen MR) is 33.6 cm³/mol. The minimum absolute atomic E-state index is 0.581. The van der Waals surface area contributed by atoms with E-state index in [0.717, 1.165) is 5.56 Å². The summed E-state index contributed by atoms with van der Waals surface area (Å²) in [7, 11) is 0. The summed E-state index contributed by atoms with van der Waals surface area (Å²) in [6, 6.07) is 11.0. The van der Waals surface area contributed by atoms with Crippen LogP contribution in [0.15, 0.2) is 12.1 Å². The minimum Gasteiger partial charge on any atom is -0.192 e. The lowest BCUT2D eigenvalue weighted by Gasteiger charge is -1.85. The highest BCUT2D eigenvalue weighted by Crippen LogP contribution is 1.98. The zero-order chi connectivity index (χ0) is 6.69. The van der Waals surface area contributed by atoms with Crippen LogP contribution in [0.5, 0.6) is 0 Å². The standard InChI is InChI=1S/C8H5N/c1-7-4-2-3-5-8(7)6-9/h2,4H,1H3. The molecular formula is C8H5N. The lowest BCUT2D eigenvalue weighted by Crippen LogP contribution is -1.75. The van der Waals surface area contributed by atoms with Crippen LogP contribution in [0.25, 0.3) is 0 Å². The Morgan fingerprint density at radius 3 is 2.89 bits per heavy atom. The summed E-state index contributed by atoms with van der Waals surface area (Å²) in [4.78, 5) is 0. The number of hydrogen-bond acceptors (Lipinski definition) is 1. The largest absolute Gasteiger partial charge is 0.192 e. The third-order valence-electron chi connectivity index (χ3n) is 1.12. The van der Waals surface area contributed by atoms with Crippen LogP contribution in [0.2, 0.25) is 0 Å². The van der Waals surface area contributed by atoms with Crippen molar-refractivity contribution in [3.05, 3.63) is 35.4 Å². The van der Waals surface area contributed by atoms with E-state index in [1.165, 1.54) is 0 Å². The molecule has 0 spiro atoms. The van der Waals surface area contributed by atoms with E-state index in [0.29, 0.717) is 5.56 Å². The van der Waals surface area contributed by atoms with Gasteiger partial charge in [-0.2, -0.15) is 5.26 Å². The van der Waals surface area contributed by atoms with E-state index in [2.05, 4.69) is 12.1 Å². The number of rotatable bonds is 0. The predicted octanol–water partition coefficient (Wildman–Crippen LogP) is 1.47. The van der Waals surface area contributed by atoms with Crippen molar-refractivity contribution in [3.63, 3.8) is 0 Å². The van der Waals surface area contributed by atoms with Gasteiger partial charge in [-0.25, -0.2) is 0 Å². The average Bonchev–Trinajstić information content (AvgIpc) is 1.89. The molecule has 1 heteroatoms. The Bertz CT molecular complexity index is 245. The van der Waals surface area contributed by atoms with Gasteiger partial charge in [-0.3, -0.25) is 0 Å². The summed E-state index contributed by atoms with van der Waals surface area (Å²) in [6.45, 7) is 1.88. The molecule has 0 aliphatic rings. The first-order valence-electron chi connectivity index (χ1n) is 2.63. The molecule has 0 unspecified atom stereocenters. The van der Waals surface area contributed by atoms with Crippen molar-refractivity contribution in [2.45, 2.75) is 6.92 Å². The van der Waals surface area contributed by atoms with Gasteiger partial charge in [0.25, 0.3) is 0 Å². The van der Waals surface area contributed by atoms with Gasteiger partial charge in [0, 0.05) is 0 Å². The molecule has 0 radical (unpaired) electrons. The molecule has 0 aliphatic heterocycles. The van der Waals surface area contributed by atoms with E-state index < -0.39 is 0 Å². The first kappa shape index (κ1) is 5.66. The van der Waals surface area contributed by atoms with Crippen molar-refractivity contribution in [1.29, 1.82) is 5.26 Å². The maximum Gasteiger partial charge on any atom is 0.109 e. The Morgan fingerprint density at radius 1 is 1.67 bits per heavy atom. The third-order valence-corrected chi connectivity index (χ3v) is 1.12. The van der Waals surface area contributed by atoms with Gasteiger partial charge in [0.1, 0.15) is 11.6 Å². The maximum absolute atomic E-state index is 8.42. The van der Waals surface area contributed by atoms with Crippen LogP contribution in [-0.2, 0) is 0 Å². The normalized spacial score (nSPS) is 7.56. The molecule has 42 valence electrons. The van der Waals surface area contributed by atoms with Crippen molar-refractivity contribution in [2.24, 2.45) is 0 Å². The number of aryl methyl sites for hydroxylation is 1. The molecule has 0 saturated carbocycles. The summed E-state index contributed by atoms with van der Waals surface area (Å²) in [5.74, 6) is 0. The second kappa shape index (κ2) is 2.20. The van der Waals surface area contributed by atoms with Gasteiger partial charge < -0.3 is 0 Å². The highest BCUT2D eigenvalue weighted by atomic mass is 14.2. The van der Waals surface area contributed by atoms with Crippen molar-refractivity contribution < 1.29 is 0 Å². The van der Waals surface area contributed by atoms with Crippen LogP contribution in [0.3, 0.4) is 0 Å². The maximum atomic E-state index is 8.42. The Kier molecular flexibility index (Phi) is 1.38. The quantitative estimate of drug-likeness (QED) is 0.502. The molecule has 0 amide bonds. The third kappa shape index (κ3) is 1.01. The molecule has 0 fully saturated rings. The van der Waals surface area contributed by atoms with E-state index in [9.17, 15) is 0 Å². The van der Waals surface area contributed by atoms with Gasteiger partial charge in [-0.15, -0.1) is 0 Å². The van der Waals surface area contributed by atoms with Crippen molar-refractivity contribution in [1.82, 2.24) is 0 Å². The highest BCUT2D eigenvalue weighted by molar-refractivity contribution is 5.32. The van der Waals surface area contributed by atoms with Crippen LogP contribution in [0.4, 0.5) is 0 Å². The Labute approximate surface area is 54.6 Å². The lowest BCUT2D eigenvalue weighted by atomic mass is 10.2. The molecule has 0 heterocycles. The molecule has 1 nitrogen and oxygen atoms in total. The monoisotopic (exact) mass is 115 g/mol. The van der Waals surface area contributed by atoms with Gasteiger partial charge in [-0.05, 0) is 24.6 Å². The van der Waals surface area contributed by atoms with Crippen molar-refractivity contribution in [3.8, 4) is 6.07 Å². The fourth-order valence-corrected chi connectivity index (χ4v) is 0.579. The topological polar surface area (TPSA) is 23.8 Å². The van der Waals surface area contributed by atoms with E-state index in [-0.39, 0.29) is 0 Å². The summed E-state index contributed by atoms with van der Waals surface area (Å²) in [5.41, 5.74) is 1.54. The molecule has 0 atom stereocenters. The smallest absolute Gasteiger partial charge is 0.109 e. The molecule has 0 bridgehead atoms. The Morgan fingerprint density at radius 2 is 2.44 bits per heavy atom. The number of hydrogen-bond donors (Lipinski definition) is 0. The Balaban J connectivity index is 3.20. The molecule has 1 rings (SSSR count). The van der Waals surface area contributed by atoms with Gasteiger partial charge in [-0.1, -0.05) is 12.1 Å². The van der Waals surface area contributed by atoms with Gasteiger partial charge in [0.15, 0.2) is 0 Å². The van der Waals surface area contributed by atoms with Crippen molar-refractivity contribution >= 4 is 0 Å². The van der Waals surface area contributed by atoms with Crippen LogP contribution < -0.4 is 0 Å². The summed E-state index contributed by atoms with van der Waals surface area (Å²) in [6.07, 6.45) is 0. The Hall–Kier alpha value is -1.47. The van der Waals surface area contributed by atoms with Gasteiger partial charge in [0.2, 0.25) is 0 Å². The number of nitriles is 1. The fourth-order valence-electron chi connectivity index (χ4n) is 0.579. The van der Waals surface area contributed by atoms with E-state index in [1.54, 1.807) is 6.07 Å². The second-order valence-electron chi connectivity index (χ2n) is 1.77. The molecule has 1 aromatic rings. The van der Waals surface area contributed by atoms with Gasteiger partial charge >= 0.3 is 0 Å². The van der Waals surface area contributed by atoms with Gasteiger partial charge in [0.05, 0.1) is 0 Å². The summed E-state index contributed by atoms with van der Waals surface area (Å²) < 4.78 is 0. The molecular weight excluding hydrogens is 110 g/mol. The average molecular weight is 115 g/mol. The molecule has 0 saturated heterocycles. The summed E-state index contributed by atoms with van der Waals surface area (Å²) >= 11 is 0. The van der Waals surface area contributed by atoms with Crippen LogP contribution in [0, 0.1) is 30.4 Å². The molecule has 0 aliphatic carbocycles. The summed E-state index contributed by atoms with van der Waals surface area (Å²) in [5, 5.41) is 8.42. The van der Waals surface area contributed by atoms with Crippen LogP contribution >= 0.6 is 0 Å². The first-order valence-corrected chi connectivity index (χ1v) is 2.63. The number of nitrogens with zero attached hydrogens (tertiary/aromatic N) is 1. The molecule has 0 aromatic heterocycles. The van der Waals surface area contributed by atoms with E-state index >= 15 is 0 Å². The SMILES string of the molecule is Cc1ccc#cc1C#N. The van der Waals surface area contributed by atoms with Crippen molar-refractivity contribution in [2.75, 3.05) is 0 Å². The van der Waals surface area contributed by atoms with Crippen LogP contribution in [0.1, 0.15) is 11.1 Å². The lowest BCUT2D eigenvalue weighted by molar-refractivity contribution is 1.40. The minimum atomic E-state index is 0.581. The second-order valence-corrected chi connectivity index (χ2v) is 1.77.